The van der Waals surface area contributed by atoms with Crippen LogP contribution in [-0.4, -0.2) is 27.7 Å². The number of fused-ring (bicyclic) bond motifs is 1. The average molecular weight is 411 g/mol. The molecule has 2 aromatic rings. The highest BCUT2D eigenvalue weighted by Crippen LogP contribution is 2.35. The Morgan fingerprint density at radius 1 is 1.20 bits per heavy atom. The summed E-state index contributed by atoms with van der Waals surface area (Å²) in [6.07, 6.45) is 7.95. The Hall–Kier alpha value is -3.47. The fourth-order valence-corrected chi connectivity index (χ4v) is 3.89. The lowest BCUT2D eigenvalue weighted by molar-refractivity contribution is -0.117. The van der Waals surface area contributed by atoms with Gasteiger partial charge in [0.15, 0.2) is 11.6 Å². The molecule has 2 heterocycles. The SMILES string of the molecule is C#CC1(NC(=O)C(=O)c2c(C)c(C(=O)Nc3ccc(F)c(F)c3)c3n2CCC3)CC1. The number of carbonyl (C=O) groups is 3. The molecule has 1 aliphatic carbocycles. The lowest BCUT2D eigenvalue weighted by Crippen LogP contribution is -2.41. The van der Waals surface area contributed by atoms with Crippen LogP contribution >= 0.6 is 0 Å². The number of aromatic nitrogens is 1. The largest absolute Gasteiger partial charge is 0.341 e. The van der Waals surface area contributed by atoms with Gasteiger partial charge in [-0.15, -0.1) is 6.42 Å². The first-order valence-electron chi connectivity index (χ1n) is 9.59. The summed E-state index contributed by atoms with van der Waals surface area (Å²) < 4.78 is 28.3. The third kappa shape index (κ3) is 3.26. The molecular weight excluding hydrogens is 392 g/mol. The molecule has 4 rings (SSSR count). The van der Waals surface area contributed by atoms with Crippen LogP contribution in [-0.2, 0) is 17.8 Å². The van der Waals surface area contributed by atoms with Gasteiger partial charge in [0.1, 0.15) is 5.54 Å². The van der Waals surface area contributed by atoms with E-state index in [1.807, 2.05) is 0 Å². The molecule has 0 saturated heterocycles. The first kappa shape index (κ1) is 19.8. The van der Waals surface area contributed by atoms with E-state index < -0.39 is 34.8 Å². The second-order valence-corrected chi connectivity index (χ2v) is 7.64. The summed E-state index contributed by atoms with van der Waals surface area (Å²) in [5.74, 6) is -1.69. The fraction of sp³-hybridized carbons (Fsp3) is 0.318. The average Bonchev–Trinajstić information content (AvgIpc) is 3.22. The van der Waals surface area contributed by atoms with Crippen LogP contribution in [0.15, 0.2) is 18.2 Å². The molecule has 8 heteroatoms. The van der Waals surface area contributed by atoms with Gasteiger partial charge in [0.05, 0.1) is 11.3 Å². The third-order valence-electron chi connectivity index (χ3n) is 5.61. The second kappa shape index (κ2) is 7.10. The Morgan fingerprint density at radius 2 is 1.93 bits per heavy atom. The van der Waals surface area contributed by atoms with Gasteiger partial charge in [0.25, 0.3) is 17.6 Å². The predicted molar refractivity (Wildman–Crippen MR) is 105 cm³/mol. The quantitative estimate of drug-likeness (QED) is 0.451. The van der Waals surface area contributed by atoms with Crippen molar-refractivity contribution in [3.8, 4) is 12.3 Å². The van der Waals surface area contributed by atoms with Gasteiger partial charge < -0.3 is 15.2 Å². The molecule has 0 unspecified atom stereocenters. The van der Waals surface area contributed by atoms with Gasteiger partial charge in [-0.25, -0.2) is 8.78 Å². The van der Waals surface area contributed by atoms with Crippen molar-refractivity contribution in [2.75, 3.05) is 5.32 Å². The molecule has 0 spiro atoms. The van der Waals surface area contributed by atoms with Crippen molar-refractivity contribution in [1.82, 2.24) is 9.88 Å². The highest BCUT2D eigenvalue weighted by Gasteiger charge is 2.44. The normalized spacial score (nSPS) is 15.8. The zero-order valence-corrected chi connectivity index (χ0v) is 16.3. The lowest BCUT2D eigenvalue weighted by atomic mass is 10.0. The molecule has 0 bridgehead atoms. The van der Waals surface area contributed by atoms with Crippen LogP contribution in [0.1, 0.15) is 51.4 Å². The molecule has 2 aliphatic rings. The van der Waals surface area contributed by atoms with Crippen molar-refractivity contribution < 1.29 is 23.2 Å². The van der Waals surface area contributed by atoms with E-state index in [0.29, 0.717) is 37.1 Å². The van der Waals surface area contributed by atoms with E-state index in [1.54, 1.807) is 11.5 Å². The van der Waals surface area contributed by atoms with Crippen molar-refractivity contribution in [2.45, 2.75) is 44.7 Å². The summed E-state index contributed by atoms with van der Waals surface area (Å²) in [5, 5.41) is 5.15. The number of nitrogens with one attached hydrogen (secondary N) is 2. The Bertz CT molecular complexity index is 1140. The Kier molecular flexibility index (Phi) is 4.69. The first-order valence-corrected chi connectivity index (χ1v) is 9.59. The van der Waals surface area contributed by atoms with Gasteiger partial charge in [0, 0.05) is 24.0 Å². The van der Waals surface area contributed by atoms with Crippen molar-refractivity contribution in [1.29, 1.82) is 0 Å². The van der Waals surface area contributed by atoms with Gasteiger partial charge in [-0.05, 0) is 50.3 Å². The molecular formula is C22H19F2N3O3. The van der Waals surface area contributed by atoms with Crippen molar-refractivity contribution >= 4 is 23.3 Å². The maximum atomic E-state index is 13.5. The summed E-state index contributed by atoms with van der Waals surface area (Å²) in [6, 6.07) is 3.05. The third-order valence-corrected chi connectivity index (χ3v) is 5.61. The molecule has 1 saturated carbocycles. The number of hydrogen-bond donors (Lipinski definition) is 2. The Morgan fingerprint density at radius 3 is 2.57 bits per heavy atom. The number of terminal acetylenes is 1. The van der Waals surface area contributed by atoms with Gasteiger partial charge in [-0.3, -0.25) is 14.4 Å². The number of amides is 2. The number of nitrogens with zero attached hydrogens (tertiary/aromatic N) is 1. The van der Waals surface area contributed by atoms with Crippen LogP contribution in [0.3, 0.4) is 0 Å². The molecule has 0 radical (unpaired) electrons. The Balaban J connectivity index is 1.64. The highest BCUT2D eigenvalue weighted by atomic mass is 19.2. The highest BCUT2D eigenvalue weighted by molar-refractivity contribution is 6.43. The lowest BCUT2D eigenvalue weighted by Gasteiger charge is -2.11. The van der Waals surface area contributed by atoms with E-state index in [-0.39, 0.29) is 16.9 Å². The number of carbonyl (C=O) groups excluding carboxylic acids is 3. The minimum Gasteiger partial charge on any atom is -0.341 e. The van der Waals surface area contributed by atoms with Crippen LogP contribution in [0.25, 0.3) is 0 Å². The standard InChI is InChI=1S/C22H19F2N3O3/c1-3-22(8-9-22)26-21(30)19(28)18-12(2)17(16-5-4-10-27(16)18)20(29)25-13-6-7-14(23)15(24)11-13/h1,6-7,11H,4-5,8-10H2,2H3,(H,25,29)(H,26,30). The number of benzene rings is 1. The molecule has 1 aliphatic heterocycles. The molecule has 1 aromatic carbocycles. The van der Waals surface area contributed by atoms with Crippen molar-refractivity contribution in [2.24, 2.45) is 0 Å². The molecule has 6 nitrogen and oxygen atoms in total. The van der Waals surface area contributed by atoms with E-state index in [4.69, 9.17) is 6.42 Å². The summed E-state index contributed by atoms with van der Waals surface area (Å²) in [5.41, 5.74) is 0.770. The van der Waals surface area contributed by atoms with E-state index in [0.717, 1.165) is 18.6 Å². The number of hydrogen-bond acceptors (Lipinski definition) is 3. The molecule has 0 atom stereocenters. The van der Waals surface area contributed by atoms with Crippen molar-refractivity contribution in [3.05, 3.63) is 52.3 Å². The zero-order chi connectivity index (χ0) is 21.6. The van der Waals surface area contributed by atoms with E-state index in [9.17, 15) is 23.2 Å². The van der Waals surface area contributed by atoms with Crippen LogP contribution in [0.2, 0.25) is 0 Å². The van der Waals surface area contributed by atoms with Gasteiger partial charge >= 0.3 is 0 Å². The van der Waals surface area contributed by atoms with E-state index in [2.05, 4.69) is 16.6 Å². The number of halogens is 2. The molecule has 154 valence electrons. The molecule has 1 aromatic heterocycles. The van der Waals surface area contributed by atoms with Gasteiger partial charge in [-0.1, -0.05) is 5.92 Å². The summed E-state index contributed by atoms with van der Waals surface area (Å²) in [4.78, 5) is 38.3. The minimum atomic E-state index is -1.08. The van der Waals surface area contributed by atoms with E-state index >= 15 is 0 Å². The monoisotopic (exact) mass is 411 g/mol. The number of Topliss-reactive ketones (excluding diaryl/α,β-unsaturated/α-hetero) is 1. The second-order valence-electron chi connectivity index (χ2n) is 7.64. The minimum absolute atomic E-state index is 0.0894. The topological polar surface area (TPSA) is 80.2 Å². The summed E-state index contributed by atoms with van der Waals surface area (Å²) >= 11 is 0. The van der Waals surface area contributed by atoms with Gasteiger partial charge in [-0.2, -0.15) is 0 Å². The fourth-order valence-electron chi connectivity index (χ4n) is 3.89. The molecule has 2 amide bonds. The van der Waals surface area contributed by atoms with Crippen LogP contribution in [0, 0.1) is 30.9 Å². The van der Waals surface area contributed by atoms with Crippen molar-refractivity contribution in [3.63, 3.8) is 0 Å². The number of anilines is 1. The van der Waals surface area contributed by atoms with Crippen LogP contribution < -0.4 is 10.6 Å². The molecule has 30 heavy (non-hydrogen) atoms. The molecule has 1 fully saturated rings. The first-order chi connectivity index (χ1) is 14.3. The van der Waals surface area contributed by atoms with E-state index in [1.165, 1.54) is 6.07 Å². The van der Waals surface area contributed by atoms with Gasteiger partial charge in [0.2, 0.25) is 0 Å². The maximum absolute atomic E-state index is 13.5. The smallest absolute Gasteiger partial charge is 0.295 e. The number of rotatable bonds is 5. The van der Waals surface area contributed by atoms with Crippen LogP contribution in [0.4, 0.5) is 14.5 Å². The summed E-state index contributed by atoms with van der Waals surface area (Å²) in [7, 11) is 0. The number of ketones is 1. The Labute approximate surface area is 171 Å². The molecule has 2 N–H and O–H groups in total. The zero-order valence-electron chi connectivity index (χ0n) is 16.3. The van der Waals surface area contributed by atoms with Crippen LogP contribution in [0.5, 0.6) is 0 Å². The maximum Gasteiger partial charge on any atom is 0.295 e. The predicted octanol–water partition coefficient (Wildman–Crippen LogP) is 2.74. The summed E-state index contributed by atoms with van der Waals surface area (Å²) in [6.45, 7) is 2.10.